The summed E-state index contributed by atoms with van der Waals surface area (Å²) in [6.07, 6.45) is 11.8. The fourth-order valence-corrected chi connectivity index (χ4v) is 9.85. The molecule has 558 valence electrons. The van der Waals surface area contributed by atoms with Crippen LogP contribution < -0.4 is 16.0 Å². The highest BCUT2D eigenvalue weighted by Gasteiger charge is 2.18. The van der Waals surface area contributed by atoms with Crippen LogP contribution in [0.15, 0.2) is 45.4 Å². The molecule has 9 aliphatic rings. The van der Waals surface area contributed by atoms with Gasteiger partial charge in [-0.05, 0) is 67.1 Å². The summed E-state index contributed by atoms with van der Waals surface area (Å²) in [5.74, 6) is 11.0. The molecule has 0 aromatic rings. The van der Waals surface area contributed by atoms with Gasteiger partial charge in [-0.3, -0.25) is 30.0 Å². The van der Waals surface area contributed by atoms with E-state index in [4.69, 9.17) is 14.5 Å². The zero-order valence-electron chi connectivity index (χ0n) is 68.2. The molecule has 0 bridgehead atoms. The van der Waals surface area contributed by atoms with Gasteiger partial charge >= 0.3 is 0 Å². The van der Waals surface area contributed by atoms with Gasteiger partial charge < -0.3 is 30.5 Å². The van der Waals surface area contributed by atoms with Crippen LogP contribution in [0.2, 0.25) is 0 Å². The van der Waals surface area contributed by atoms with Crippen molar-refractivity contribution in [2.24, 2.45) is 111 Å². The number of nitrogens with one attached hydrogen (secondary N) is 3. The van der Waals surface area contributed by atoms with Gasteiger partial charge in [0.25, 0.3) is 0 Å². The van der Waals surface area contributed by atoms with E-state index >= 15 is 0 Å². The van der Waals surface area contributed by atoms with Crippen LogP contribution in [0.3, 0.4) is 0 Å². The lowest BCUT2D eigenvalue weighted by Gasteiger charge is -2.19. The van der Waals surface area contributed by atoms with Gasteiger partial charge in [0.2, 0.25) is 0 Å². The summed E-state index contributed by atoms with van der Waals surface area (Å²) in [6.45, 7) is 83.9. The summed E-state index contributed by atoms with van der Waals surface area (Å²) < 4.78 is 0. The minimum absolute atomic E-state index is 0.560. The smallest absolute Gasteiger partial charge is 0.120 e. The van der Waals surface area contributed by atoms with Crippen LogP contribution in [0.1, 0.15) is 275 Å². The van der Waals surface area contributed by atoms with Crippen molar-refractivity contribution >= 4 is 88.1 Å². The second-order valence-corrected chi connectivity index (χ2v) is 25.7. The predicted molar refractivity (Wildman–Crippen MR) is 439 cm³/mol. The molecule has 0 aliphatic carbocycles. The zero-order valence-corrected chi connectivity index (χ0v) is 70.7. The second kappa shape index (κ2) is 85.0. The molecule has 6 atom stereocenters. The first-order valence-corrected chi connectivity index (χ1v) is 40.4. The van der Waals surface area contributed by atoms with E-state index in [0.29, 0.717) is 65.5 Å². The summed E-state index contributed by atoms with van der Waals surface area (Å²) in [5, 5.41) is 23.0. The van der Waals surface area contributed by atoms with Crippen molar-refractivity contribution in [1.82, 2.24) is 16.0 Å². The third-order valence-corrected chi connectivity index (χ3v) is 16.5. The third kappa shape index (κ3) is 68.6. The molecule has 0 saturated heterocycles. The van der Waals surface area contributed by atoms with E-state index in [1.54, 1.807) is 12.7 Å². The molecule has 18 heteroatoms. The first-order chi connectivity index (χ1) is 44.7. The van der Waals surface area contributed by atoms with Gasteiger partial charge in [0.1, 0.15) is 19.8 Å². The molecule has 9 heterocycles. The molecule has 0 fully saturated rings. The Morgan fingerprint density at radius 3 is 1.27 bits per heavy atom. The van der Waals surface area contributed by atoms with Gasteiger partial charge in [-0.2, -0.15) is 0 Å². The number of oxime groups is 3. The molecule has 0 amide bonds. The summed E-state index contributed by atoms with van der Waals surface area (Å²) in [4.78, 5) is 39.7. The maximum atomic E-state index is 4.93. The van der Waals surface area contributed by atoms with Crippen LogP contribution in [-0.2, 0) is 14.5 Å². The third-order valence-electron chi connectivity index (χ3n) is 13.1. The number of hydrogen-bond donors (Lipinski definition) is 3. The minimum atomic E-state index is 0.560. The number of rotatable bonds is 9. The fraction of sp³-hybridized carbons (Fsp3) is 0.880. The average molecular weight is 1380 g/mol. The van der Waals surface area contributed by atoms with E-state index in [1.165, 1.54) is 28.1 Å². The highest BCUT2D eigenvalue weighted by atomic mass is 32.2. The lowest BCUT2D eigenvalue weighted by atomic mass is 9.94. The van der Waals surface area contributed by atoms with Gasteiger partial charge in [0, 0.05) is 78.0 Å². The maximum Gasteiger partial charge on any atom is 0.120 e. The van der Waals surface area contributed by atoms with E-state index in [-0.39, 0.29) is 0 Å². The van der Waals surface area contributed by atoms with Gasteiger partial charge in [0.15, 0.2) is 0 Å². The number of hydrogen-bond acceptors (Lipinski definition) is 18. The molecule has 9 aliphatic heterocycles. The highest BCUT2D eigenvalue weighted by molar-refractivity contribution is 8.14. The molecular formula is C75H162N12O3S3. The van der Waals surface area contributed by atoms with Crippen molar-refractivity contribution in [2.75, 3.05) is 70.6 Å². The lowest BCUT2D eigenvalue weighted by Crippen LogP contribution is -2.29. The highest BCUT2D eigenvalue weighted by Crippen LogP contribution is 2.22. The van der Waals surface area contributed by atoms with Crippen molar-refractivity contribution in [3.63, 3.8) is 0 Å². The van der Waals surface area contributed by atoms with E-state index < -0.39 is 0 Å². The molecule has 3 N–H and O–H groups in total. The summed E-state index contributed by atoms with van der Waals surface area (Å²) in [5.41, 5.74) is 5.14. The van der Waals surface area contributed by atoms with Crippen LogP contribution in [-0.4, -0.2) is 147 Å². The number of thioether (sulfide) groups is 3. The van der Waals surface area contributed by atoms with Crippen molar-refractivity contribution in [2.45, 2.75) is 298 Å². The quantitative estimate of drug-likeness (QED) is 0.203. The number of amidine groups is 1. The Bertz CT molecular complexity index is 1620. The molecule has 0 spiro atoms. The predicted octanol–water partition coefficient (Wildman–Crippen LogP) is 21.7. The molecule has 93 heavy (non-hydrogen) atoms. The van der Waals surface area contributed by atoms with Gasteiger partial charge in [0.05, 0.1) is 72.6 Å². The number of nitrogens with zero attached hydrogens (tertiary/aromatic N) is 9. The molecule has 0 aromatic heterocycles. The van der Waals surface area contributed by atoms with E-state index in [9.17, 15) is 0 Å². The maximum absolute atomic E-state index is 4.93. The Balaban J connectivity index is -0.000000118. The summed E-state index contributed by atoms with van der Waals surface area (Å²) in [7, 11) is 0. The van der Waals surface area contributed by atoms with Crippen LogP contribution in [0.4, 0.5) is 0 Å². The van der Waals surface area contributed by atoms with Crippen LogP contribution >= 0.6 is 35.3 Å². The summed E-state index contributed by atoms with van der Waals surface area (Å²) in [6, 6.07) is 1.78. The molecule has 0 radical (unpaired) electrons. The van der Waals surface area contributed by atoms with E-state index in [1.807, 2.05) is 183 Å². The molecule has 9 rings (SSSR count). The molecule has 6 unspecified atom stereocenters. The Hall–Kier alpha value is -3.12. The Morgan fingerprint density at radius 2 is 1.06 bits per heavy atom. The largest absolute Gasteiger partial charge is 0.396 e. The average Bonchev–Trinajstić information content (AvgIpc) is 4.70. The van der Waals surface area contributed by atoms with Crippen molar-refractivity contribution in [1.29, 1.82) is 0 Å². The van der Waals surface area contributed by atoms with Crippen LogP contribution in [0, 0.1) is 65.1 Å². The molecular weight excluding hydrogens is 1210 g/mol. The Kier molecular flexibility index (Phi) is 99.2. The SMILES string of the molecule is CC.CC.CC.CC.CC.CC.CC.CC.CC.CC(C)C1=NCCN1.CC(C)C1=NCCS1.CC(C)C1=NOCCC1.CC(C)C1C=NOCC1.CC(C)C1CC=NOC1.CC(C)C1CN=CN1.CC(C)C1CN=CN1.CC(C)C1CN=CS1.CC(C)C1CSC=N1. The summed E-state index contributed by atoms with van der Waals surface area (Å²) >= 11 is 5.58. The van der Waals surface area contributed by atoms with Gasteiger partial charge in [-0.15, -0.1) is 35.3 Å². The van der Waals surface area contributed by atoms with Crippen LogP contribution in [0.5, 0.6) is 0 Å². The fourth-order valence-electron chi connectivity index (χ4n) is 7.13. The standard InChI is InChI=1S/3C7H13NO.3C6H12N2.3C6H11NS.9C2H6/c1-6(2)7-3-4-9-8-5-7;1-6(2)7-3-4-8-9-5-7;1-6(2)7-4-3-5-9-8-7;2*1-5(2)6-3-7-4-8-6;1-5(2)6-7-3-4-8-6;1-5(2)6-3-8-4-7-6;1-5(2)6-3-7-4-8-6;1-5(2)6-7-3-4-8-6;9*1-2/h5-7H,3-4H2,1-2H3;4,6-7H,3,5H2,1-2H3;6H,3-5H2,1-2H3;2*4-6H,3H2,1-2H3,(H,7,8);5H,3-4H2,1-2H3,(H,7,8);2*4-6H,3H2,1-2H3;5H,3-4H2,1-2H3;9*1-2H3. The van der Waals surface area contributed by atoms with Crippen LogP contribution in [0.25, 0.3) is 0 Å². The monoisotopic (exact) mass is 1380 g/mol. The van der Waals surface area contributed by atoms with Gasteiger partial charge in [-0.1, -0.05) is 265 Å². The number of aliphatic imine (C=N–C) groups is 6. The minimum Gasteiger partial charge on any atom is -0.396 e. The second-order valence-electron chi connectivity index (χ2n) is 22.7. The lowest BCUT2D eigenvalue weighted by molar-refractivity contribution is 0.0795. The topological polar surface area (TPSA) is 175 Å². The molecule has 0 aromatic carbocycles. The molecule has 0 saturated carbocycles. The van der Waals surface area contributed by atoms with E-state index in [0.717, 1.165) is 108 Å². The van der Waals surface area contributed by atoms with Crippen molar-refractivity contribution < 1.29 is 14.5 Å². The van der Waals surface area contributed by atoms with Gasteiger partial charge in [-0.25, -0.2) is 0 Å². The van der Waals surface area contributed by atoms with Crippen molar-refractivity contribution in [3.05, 3.63) is 0 Å². The van der Waals surface area contributed by atoms with E-state index in [2.05, 4.69) is 186 Å². The Labute approximate surface area is 594 Å². The normalized spacial score (nSPS) is 20.2. The van der Waals surface area contributed by atoms with Crippen molar-refractivity contribution in [3.8, 4) is 0 Å². The molecule has 15 nitrogen and oxygen atoms in total. The Morgan fingerprint density at radius 1 is 0.516 bits per heavy atom. The zero-order chi connectivity index (χ0) is 74.0. The first kappa shape index (κ1) is 109. The first-order valence-electron chi connectivity index (χ1n) is 37.4.